The molecule has 1 unspecified atom stereocenters. The topological polar surface area (TPSA) is 44.0 Å². The summed E-state index contributed by atoms with van der Waals surface area (Å²) in [5.74, 6) is 1.26. The highest BCUT2D eigenvalue weighted by Gasteiger charge is 2.21. The molecular weight excluding hydrogens is 267 g/mol. The number of anilines is 1. The minimum atomic E-state index is -0.231. The van der Waals surface area contributed by atoms with Crippen LogP contribution >= 0.6 is 0 Å². The fourth-order valence-electron chi connectivity index (χ4n) is 3.00. The first kappa shape index (κ1) is 14.3. The van der Waals surface area contributed by atoms with Crippen molar-refractivity contribution >= 4 is 17.0 Å². The fraction of sp³-hybridized carbons (Fsp3) is 0.562. The van der Waals surface area contributed by atoms with E-state index in [1.54, 1.807) is 6.07 Å². The molecule has 21 heavy (non-hydrogen) atoms. The quantitative estimate of drug-likeness (QED) is 0.910. The van der Waals surface area contributed by atoms with Gasteiger partial charge in [-0.25, -0.2) is 9.37 Å². The lowest BCUT2D eigenvalue weighted by Crippen LogP contribution is -2.41. The third kappa shape index (κ3) is 3.18. The molecule has 1 aromatic carbocycles. The molecule has 3 rings (SSSR count). The summed E-state index contributed by atoms with van der Waals surface area (Å²) in [5, 5.41) is 3.46. The molecule has 114 valence electrons. The summed E-state index contributed by atoms with van der Waals surface area (Å²) in [6.45, 7) is 7.52. The van der Waals surface area contributed by atoms with Crippen LogP contribution in [0.2, 0.25) is 0 Å². The number of hydrogen-bond acceptors (Lipinski definition) is 3. The van der Waals surface area contributed by atoms with Gasteiger partial charge in [-0.15, -0.1) is 0 Å². The first-order chi connectivity index (χ1) is 10.1. The molecule has 2 aromatic rings. The Bertz CT molecular complexity index is 601. The van der Waals surface area contributed by atoms with E-state index in [1.807, 2.05) is 0 Å². The first-order valence-corrected chi connectivity index (χ1v) is 7.76. The van der Waals surface area contributed by atoms with Gasteiger partial charge in [-0.1, -0.05) is 0 Å². The molecule has 2 heterocycles. The minimum Gasteiger partial charge on any atom is -0.340 e. The number of benzene rings is 1. The van der Waals surface area contributed by atoms with Crippen molar-refractivity contribution in [2.75, 3.05) is 24.5 Å². The Morgan fingerprint density at radius 2 is 2.29 bits per heavy atom. The third-order valence-electron chi connectivity index (χ3n) is 4.18. The van der Waals surface area contributed by atoms with E-state index in [0.717, 1.165) is 36.6 Å². The molecule has 0 saturated carbocycles. The van der Waals surface area contributed by atoms with Crippen molar-refractivity contribution in [1.82, 2.24) is 15.3 Å². The van der Waals surface area contributed by atoms with Crippen molar-refractivity contribution in [3.05, 3.63) is 24.0 Å². The van der Waals surface area contributed by atoms with Crippen LogP contribution in [0.1, 0.15) is 26.7 Å². The summed E-state index contributed by atoms with van der Waals surface area (Å²) in [6.07, 6.45) is 2.49. The number of fused-ring (bicyclic) bond motifs is 1. The molecule has 1 saturated heterocycles. The third-order valence-corrected chi connectivity index (χ3v) is 4.18. The highest BCUT2D eigenvalue weighted by atomic mass is 19.1. The number of aromatic amines is 1. The van der Waals surface area contributed by atoms with Gasteiger partial charge in [-0.3, -0.25) is 0 Å². The van der Waals surface area contributed by atoms with E-state index < -0.39 is 0 Å². The van der Waals surface area contributed by atoms with Crippen molar-refractivity contribution < 1.29 is 4.39 Å². The Labute approximate surface area is 124 Å². The smallest absolute Gasteiger partial charge is 0.204 e. The molecule has 2 N–H and O–H groups in total. The average molecular weight is 290 g/mol. The predicted octanol–water partition coefficient (Wildman–Crippen LogP) is 2.92. The zero-order valence-corrected chi connectivity index (χ0v) is 12.7. The summed E-state index contributed by atoms with van der Waals surface area (Å²) in [7, 11) is 0. The molecule has 1 aromatic heterocycles. The molecule has 0 spiro atoms. The molecule has 1 atom stereocenters. The minimum absolute atomic E-state index is 0.231. The van der Waals surface area contributed by atoms with Crippen LogP contribution in [0.15, 0.2) is 18.2 Å². The standard InChI is InChI=1S/C16H23FN4/c1-11(2)21(10-12-4-3-7-18-9-12)16-19-14-6-5-13(17)8-15(14)20-16/h5-6,8,11-12,18H,3-4,7,9-10H2,1-2H3,(H,19,20). The molecule has 1 fully saturated rings. The number of aromatic nitrogens is 2. The van der Waals surface area contributed by atoms with Gasteiger partial charge in [0.1, 0.15) is 5.82 Å². The van der Waals surface area contributed by atoms with Gasteiger partial charge in [0.25, 0.3) is 0 Å². The second-order valence-corrected chi connectivity index (χ2v) is 6.18. The number of imidazole rings is 1. The number of hydrogen-bond donors (Lipinski definition) is 2. The van der Waals surface area contributed by atoms with Crippen molar-refractivity contribution in [2.45, 2.75) is 32.7 Å². The van der Waals surface area contributed by atoms with Crippen LogP contribution in [0.5, 0.6) is 0 Å². The maximum Gasteiger partial charge on any atom is 0.204 e. The first-order valence-electron chi connectivity index (χ1n) is 7.76. The van der Waals surface area contributed by atoms with Crippen LogP contribution in [0.25, 0.3) is 11.0 Å². The Hall–Kier alpha value is -1.62. The lowest BCUT2D eigenvalue weighted by molar-refractivity contribution is 0.369. The molecular formula is C16H23FN4. The van der Waals surface area contributed by atoms with Crippen LogP contribution in [0.3, 0.4) is 0 Å². The number of halogens is 1. The van der Waals surface area contributed by atoms with Crippen molar-refractivity contribution in [3.63, 3.8) is 0 Å². The van der Waals surface area contributed by atoms with Gasteiger partial charge < -0.3 is 15.2 Å². The Morgan fingerprint density at radius 3 is 3.00 bits per heavy atom. The molecule has 0 aliphatic carbocycles. The molecule has 5 heteroatoms. The van der Waals surface area contributed by atoms with E-state index in [2.05, 4.69) is 34.0 Å². The second-order valence-electron chi connectivity index (χ2n) is 6.18. The zero-order chi connectivity index (χ0) is 14.8. The van der Waals surface area contributed by atoms with Crippen molar-refractivity contribution in [1.29, 1.82) is 0 Å². The van der Waals surface area contributed by atoms with Gasteiger partial charge in [0.2, 0.25) is 5.95 Å². The number of rotatable bonds is 4. The van der Waals surface area contributed by atoms with Gasteiger partial charge in [0.05, 0.1) is 11.0 Å². The number of nitrogens with zero attached hydrogens (tertiary/aromatic N) is 2. The zero-order valence-electron chi connectivity index (χ0n) is 12.7. The number of H-pyrrole nitrogens is 1. The van der Waals surface area contributed by atoms with Crippen LogP contribution in [0.4, 0.5) is 10.3 Å². The highest BCUT2D eigenvalue weighted by molar-refractivity contribution is 5.77. The van der Waals surface area contributed by atoms with E-state index in [0.29, 0.717) is 12.0 Å². The number of nitrogens with one attached hydrogen (secondary N) is 2. The van der Waals surface area contributed by atoms with Gasteiger partial charge >= 0.3 is 0 Å². The van der Waals surface area contributed by atoms with Gasteiger partial charge in [0, 0.05) is 12.6 Å². The highest BCUT2D eigenvalue weighted by Crippen LogP contribution is 2.22. The molecule has 1 aliphatic heterocycles. The maximum absolute atomic E-state index is 13.3. The van der Waals surface area contributed by atoms with Crippen LogP contribution in [-0.2, 0) is 0 Å². The number of piperidine rings is 1. The summed E-state index contributed by atoms with van der Waals surface area (Å²) in [4.78, 5) is 10.2. The SMILES string of the molecule is CC(C)N(CC1CCCNC1)c1nc2ccc(F)cc2[nH]1. The van der Waals surface area contributed by atoms with Crippen molar-refractivity contribution in [2.24, 2.45) is 5.92 Å². The molecule has 0 radical (unpaired) electrons. The fourth-order valence-corrected chi connectivity index (χ4v) is 3.00. The lowest BCUT2D eigenvalue weighted by Gasteiger charge is -2.32. The normalized spacial score (nSPS) is 19.3. The lowest BCUT2D eigenvalue weighted by atomic mass is 9.99. The Balaban J connectivity index is 1.84. The van der Waals surface area contributed by atoms with E-state index >= 15 is 0 Å². The summed E-state index contributed by atoms with van der Waals surface area (Å²) < 4.78 is 13.3. The Kier molecular flexibility index (Phi) is 4.10. The van der Waals surface area contributed by atoms with Crippen LogP contribution in [-0.4, -0.2) is 35.6 Å². The second kappa shape index (κ2) is 6.02. The van der Waals surface area contributed by atoms with Gasteiger partial charge in [-0.05, 0) is 63.9 Å². The predicted molar refractivity (Wildman–Crippen MR) is 84.1 cm³/mol. The van der Waals surface area contributed by atoms with E-state index in [4.69, 9.17) is 0 Å². The van der Waals surface area contributed by atoms with Crippen molar-refractivity contribution in [3.8, 4) is 0 Å². The summed E-state index contributed by atoms with van der Waals surface area (Å²) in [6, 6.07) is 5.05. The largest absolute Gasteiger partial charge is 0.340 e. The molecule has 4 nitrogen and oxygen atoms in total. The monoisotopic (exact) mass is 290 g/mol. The van der Waals surface area contributed by atoms with Crippen LogP contribution < -0.4 is 10.2 Å². The molecule has 0 bridgehead atoms. The van der Waals surface area contributed by atoms with E-state index in [9.17, 15) is 4.39 Å². The molecule has 1 aliphatic rings. The summed E-state index contributed by atoms with van der Waals surface area (Å²) in [5.41, 5.74) is 1.58. The van der Waals surface area contributed by atoms with Gasteiger partial charge in [-0.2, -0.15) is 0 Å². The van der Waals surface area contributed by atoms with E-state index in [-0.39, 0.29) is 5.82 Å². The average Bonchev–Trinajstić information content (AvgIpc) is 2.88. The summed E-state index contributed by atoms with van der Waals surface area (Å²) >= 11 is 0. The van der Waals surface area contributed by atoms with Gasteiger partial charge in [0.15, 0.2) is 0 Å². The van der Waals surface area contributed by atoms with Crippen LogP contribution in [0, 0.1) is 11.7 Å². The molecule has 0 amide bonds. The van der Waals surface area contributed by atoms with E-state index in [1.165, 1.54) is 25.0 Å². The maximum atomic E-state index is 13.3. The Morgan fingerprint density at radius 1 is 1.43 bits per heavy atom.